The number of hydrogen-bond acceptors (Lipinski definition) is 2. The second kappa shape index (κ2) is 4.86. The zero-order chi connectivity index (χ0) is 14.1. The van der Waals surface area contributed by atoms with Crippen LogP contribution in [0, 0.1) is 18.3 Å². The molecule has 0 bridgehead atoms. The second-order valence-electron chi connectivity index (χ2n) is 5.14. The molecular formula is C16H15N3O. The average molecular weight is 265 g/mol. The van der Waals surface area contributed by atoms with Crippen LogP contribution < -0.4 is 5.32 Å². The number of aromatic nitrogens is 1. The molecule has 3 rings (SSSR count). The van der Waals surface area contributed by atoms with Gasteiger partial charge in [0, 0.05) is 17.9 Å². The number of hydrogen-bond donors (Lipinski definition) is 1. The van der Waals surface area contributed by atoms with Crippen molar-refractivity contribution in [2.45, 2.75) is 25.8 Å². The zero-order valence-corrected chi connectivity index (χ0v) is 11.3. The molecule has 1 aliphatic carbocycles. The number of aryl methyl sites for hydroxylation is 1. The number of amides is 1. The van der Waals surface area contributed by atoms with Crippen LogP contribution in [-0.2, 0) is 0 Å². The molecule has 2 aromatic rings. The van der Waals surface area contributed by atoms with Gasteiger partial charge >= 0.3 is 0 Å². The molecule has 1 heterocycles. The topological polar surface area (TPSA) is 57.8 Å². The molecule has 1 N–H and O–H groups in total. The molecule has 0 atom stereocenters. The lowest BCUT2D eigenvalue weighted by molar-refractivity contribution is 0.0944. The van der Waals surface area contributed by atoms with Crippen molar-refractivity contribution in [2.24, 2.45) is 0 Å². The van der Waals surface area contributed by atoms with Crippen LogP contribution in [0.2, 0.25) is 0 Å². The number of rotatable bonds is 3. The van der Waals surface area contributed by atoms with Crippen LogP contribution in [0.5, 0.6) is 0 Å². The molecule has 0 saturated heterocycles. The van der Waals surface area contributed by atoms with Crippen molar-refractivity contribution in [3.05, 3.63) is 53.3 Å². The molecule has 1 saturated carbocycles. The Morgan fingerprint density at radius 1 is 1.30 bits per heavy atom. The molecule has 0 radical (unpaired) electrons. The molecule has 0 unspecified atom stereocenters. The first-order valence-corrected chi connectivity index (χ1v) is 6.68. The van der Waals surface area contributed by atoms with Gasteiger partial charge in [-0.3, -0.25) is 4.79 Å². The van der Waals surface area contributed by atoms with Crippen LogP contribution >= 0.6 is 0 Å². The Morgan fingerprint density at radius 2 is 2.00 bits per heavy atom. The Kier molecular flexibility index (Phi) is 3.03. The number of nitriles is 1. The van der Waals surface area contributed by atoms with Crippen molar-refractivity contribution >= 4 is 5.91 Å². The number of carbonyl (C=O) groups excluding carboxylic acids is 1. The summed E-state index contributed by atoms with van der Waals surface area (Å²) in [7, 11) is 0. The summed E-state index contributed by atoms with van der Waals surface area (Å²) in [5.41, 5.74) is 2.87. The molecule has 1 amide bonds. The highest BCUT2D eigenvalue weighted by Crippen LogP contribution is 2.22. The summed E-state index contributed by atoms with van der Waals surface area (Å²) in [5.74, 6) is -0.172. The fourth-order valence-electron chi connectivity index (χ4n) is 2.16. The fraction of sp³-hybridized carbons (Fsp3) is 0.250. The maximum absolute atomic E-state index is 12.3. The lowest BCUT2D eigenvalue weighted by Gasteiger charge is -2.10. The van der Waals surface area contributed by atoms with E-state index in [0.717, 1.165) is 24.1 Å². The Hall–Kier alpha value is -2.54. The van der Waals surface area contributed by atoms with E-state index in [9.17, 15) is 10.1 Å². The van der Waals surface area contributed by atoms with E-state index in [2.05, 4.69) is 11.4 Å². The van der Waals surface area contributed by atoms with E-state index in [1.807, 2.05) is 31.2 Å². The minimum Gasteiger partial charge on any atom is -0.348 e. The summed E-state index contributed by atoms with van der Waals surface area (Å²) in [6, 6.07) is 11.9. The molecule has 4 heteroatoms. The molecule has 1 aromatic heterocycles. The zero-order valence-electron chi connectivity index (χ0n) is 11.3. The van der Waals surface area contributed by atoms with Crippen LogP contribution in [-0.4, -0.2) is 16.5 Å². The maximum Gasteiger partial charge on any atom is 0.269 e. The van der Waals surface area contributed by atoms with Crippen molar-refractivity contribution in [1.82, 2.24) is 9.88 Å². The number of nitrogens with one attached hydrogen (secondary N) is 1. The molecule has 1 aliphatic rings. The predicted molar refractivity (Wildman–Crippen MR) is 75.7 cm³/mol. The Balaban J connectivity index is 2.02. The maximum atomic E-state index is 12.3. The quantitative estimate of drug-likeness (QED) is 0.927. The smallest absolute Gasteiger partial charge is 0.269 e. The van der Waals surface area contributed by atoms with Crippen LogP contribution in [0.15, 0.2) is 36.5 Å². The second-order valence-corrected chi connectivity index (χ2v) is 5.14. The van der Waals surface area contributed by atoms with Gasteiger partial charge in [-0.1, -0.05) is 17.7 Å². The minimum absolute atomic E-state index is 0.172. The molecule has 1 fully saturated rings. The molecule has 4 nitrogen and oxygen atoms in total. The summed E-state index contributed by atoms with van der Waals surface area (Å²) in [5, 5.41) is 12.1. The largest absolute Gasteiger partial charge is 0.348 e. The highest BCUT2D eigenvalue weighted by molar-refractivity contribution is 5.96. The van der Waals surface area contributed by atoms with E-state index in [-0.39, 0.29) is 11.9 Å². The number of benzene rings is 1. The number of carbonyl (C=O) groups is 1. The summed E-state index contributed by atoms with van der Waals surface area (Å²) >= 11 is 0. The van der Waals surface area contributed by atoms with Crippen molar-refractivity contribution in [3.63, 3.8) is 0 Å². The van der Waals surface area contributed by atoms with E-state index >= 15 is 0 Å². The standard InChI is InChI=1S/C16H15N3O/c1-11-2-6-14(7-3-11)19-9-8-12(10-17)15(19)16(20)18-13-4-5-13/h2-3,6-9,13H,4-5H2,1H3,(H,18,20). The summed E-state index contributed by atoms with van der Waals surface area (Å²) in [6.45, 7) is 2.01. The number of nitrogens with zero attached hydrogens (tertiary/aromatic N) is 2. The first-order chi connectivity index (χ1) is 9.69. The van der Waals surface area contributed by atoms with Gasteiger partial charge in [-0.2, -0.15) is 5.26 Å². The average Bonchev–Trinajstić information content (AvgIpc) is 3.15. The first-order valence-electron chi connectivity index (χ1n) is 6.68. The van der Waals surface area contributed by atoms with Gasteiger partial charge < -0.3 is 9.88 Å². The Labute approximate surface area is 117 Å². The summed E-state index contributed by atoms with van der Waals surface area (Å²) in [4.78, 5) is 12.3. The normalized spacial score (nSPS) is 13.8. The van der Waals surface area contributed by atoms with Gasteiger partial charge in [-0.05, 0) is 38.0 Å². The molecule has 100 valence electrons. The van der Waals surface area contributed by atoms with Gasteiger partial charge in [-0.25, -0.2) is 0 Å². The first kappa shape index (κ1) is 12.5. The van der Waals surface area contributed by atoms with Crippen molar-refractivity contribution in [1.29, 1.82) is 5.26 Å². The van der Waals surface area contributed by atoms with Crippen LogP contribution in [0.25, 0.3) is 5.69 Å². The van der Waals surface area contributed by atoms with E-state index in [0.29, 0.717) is 11.3 Å². The summed E-state index contributed by atoms with van der Waals surface area (Å²) in [6.07, 6.45) is 3.82. The molecule has 0 spiro atoms. The van der Waals surface area contributed by atoms with Gasteiger partial charge in [0.05, 0.1) is 5.56 Å². The van der Waals surface area contributed by atoms with Crippen LogP contribution in [0.3, 0.4) is 0 Å². The van der Waals surface area contributed by atoms with Gasteiger partial charge in [0.2, 0.25) is 0 Å². The fourth-order valence-corrected chi connectivity index (χ4v) is 2.16. The Bertz CT molecular complexity index is 688. The third-order valence-corrected chi connectivity index (χ3v) is 3.45. The highest BCUT2D eigenvalue weighted by Gasteiger charge is 2.26. The monoisotopic (exact) mass is 265 g/mol. The van der Waals surface area contributed by atoms with Crippen molar-refractivity contribution in [2.75, 3.05) is 0 Å². The molecule has 20 heavy (non-hydrogen) atoms. The van der Waals surface area contributed by atoms with Crippen molar-refractivity contribution in [3.8, 4) is 11.8 Å². The highest BCUT2D eigenvalue weighted by atomic mass is 16.2. The molecule has 0 aliphatic heterocycles. The van der Waals surface area contributed by atoms with E-state index in [4.69, 9.17) is 0 Å². The molecular weight excluding hydrogens is 250 g/mol. The third kappa shape index (κ3) is 2.30. The van der Waals surface area contributed by atoms with Gasteiger partial charge in [0.15, 0.2) is 0 Å². The predicted octanol–water partition coefficient (Wildman–Crippen LogP) is 2.55. The molecule has 1 aromatic carbocycles. The van der Waals surface area contributed by atoms with E-state index in [1.54, 1.807) is 16.8 Å². The lowest BCUT2D eigenvalue weighted by atomic mass is 10.2. The minimum atomic E-state index is -0.172. The third-order valence-electron chi connectivity index (χ3n) is 3.45. The lowest BCUT2D eigenvalue weighted by Crippen LogP contribution is -2.28. The van der Waals surface area contributed by atoms with E-state index < -0.39 is 0 Å². The van der Waals surface area contributed by atoms with Gasteiger partial charge in [0.1, 0.15) is 11.8 Å². The SMILES string of the molecule is Cc1ccc(-n2ccc(C#N)c2C(=O)NC2CC2)cc1. The van der Waals surface area contributed by atoms with Crippen molar-refractivity contribution < 1.29 is 4.79 Å². The Morgan fingerprint density at radius 3 is 2.60 bits per heavy atom. The van der Waals surface area contributed by atoms with Gasteiger partial charge in [-0.15, -0.1) is 0 Å². The van der Waals surface area contributed by atoms with E-state index in [1.165, 1.54) is 0 Å². The summed E-state index contributed by atoms with van der Waals surface area (Å²) < 4.78 is 1.77. The van der Waals surface area contributed by atoms with Crippen LogP contribution in [0.4, 0.5) is 0 Å². The van der Waals surface area contributed by atoms with Crippen LogP contribution in [0.1, 0.15) is 34.5 Å². The van der Waals surface area contributed by atoms with Gasteiger partial charge in [0.25, 0.3) is 5.91 Å².